The topological polar surface area (TPSA) is 29.0 Å². The van der Waals surface area contributed by atoms with Crippen molar-refractivity contribution in [3.05, 3.63) is 24.3 Å². The molecule has 0 aliphatic carbocycles. The van der Waals surface area contributed by atoms with E-state index < -0.39 is 0 Å². The van der Waals surface area contributed by atoms with Crippen LogP contribution in [0.5, 0.6) is 0 Å². The van der Waals surface area contributed by atoms with Crippen LogP contribution >= 0.6 is 0 Å². The first-order valence-corrected chi connectivity index (χ1v) is 4.79. The highest BCUT2D eigenvalue weighted by Crippen LogP contribution is 2.23. The van der Waals surface area contributed by atoms with Crippen LogP contribution in [-0.4, -0.2) is 35.0 Å². The minimum atomic E-state index is 0.668. The molecule has 2 heterocycles. The molecule has 2 rings (SSSR count). The molecule has 3 nitrogen and oxygen atoms in total. The van der Waals surface area contributed by atoms with Crippen LogP contribution in [0.25, 0.3) is 0 Å². The molecular formula is C10H17N3. The van der Waals surface area contributed by atoms with E-state index in [4.69, 9.17) is 0 Å². The van der Waals surface area contributed by atoms with Gasteiger partial charge in [0.1, 0.15) is 6.33 Å². The first-order chi connectivity index (χ1) is 6.36. The van der Waals surface area contributed by atoms with Crippen molar-refractivity contribution >= 4 is 0 Å². The monoisotopic (exact) mass is 179 g/mol. The van der Waals surface area contributed by atoms with Gasteiger partial charge in [0.25, 0.3) is 0 Å². The van der Waals surface area contributed by atoms with Crippen LogP contribution in [0.1, 0.15) is 25.3 Å². The van der Waals surface area contributed by atoms with Crippen LogP contribution < -0.4 is 0 Å². The normalized spacial score (nSPS) is 17.2. The maximum Gasteiger partial charge on any atom is 0.115 e. The van der Waals surface area contributed by atoms with Gasteiger partial charge in [0.05, 0.1) is 0 Å². The van der Waals surface area contributed by atoms with Gasteiger partial charge in [-0.2, -0.15) is 0 Å². The molecule has 0 atom stereocenters. The van der Waals surface area contributed by atoms with Gasteiger partial charge >= 0.3 is 0 Å². The number of nitrogens with zero attached hydrogens (tertiary/aromatic N) is 3. The van der Waals surface area contributed by atoms with Gasteiger partial charge in [0.15, 0.2) is 0 Å². The number of likely N-dealkylation sites (tertiary alicyclic amines) is 1. The SMILES string of the molecule is CC.CN1CC(c2cncnc2)C1. The van der Waals surface area contributed by atoms with Gasteiger partial charge in [0, 0.05) is 31.4 Å². The molecule has 72 valence electrons. The number of hydrogen-bond acceptors (Lipinski definition) is 3. The largest absolute Gasteiger partial charge is 0.305 e. The molecule has 0 spiro atoms. The highest BCUT2D eigenvalue weighted by molar-refractivity contribution is 5.14. The van der Waals surface area contributed by atoms with Crippen LogP contribution in [0.4, 0.5) is 0 Å². The zero-order valence-corrected chi connectivity index (χ0v) is 8.57. The molecule has 0 unspecified atom stereocenters. The summed E-state index contributed by atoms with van der Waals surface area (Å²) in [4.78, 5) is 10.3. The highest BCUT2D eigenvalue weighted by Gasteiger charge is 2.24. The summed E-state index contributed by atoms with van der Waals surface area (Å²) in [6.45, 7) is 6.29. The summed E-state index contributed by atoms with van der Waals surface area (Å²) in [5.74, 6) is 0.668. The third-order valence-electron chi connectivity index (χ3n) is 2.12. The average molecular weight is 179 g/mol. The van der Waals surface area contributed by atoms with Crippen molar-refractivity contribution in [2.45, 2.75) is 19.8 Å². The van der Waals surface area contributed by atoms with Crippen LogP contribution in [0.15, 0.2) is 18.7 Å². The summed E-state index contributed by atoms with van der Waals surface area (Å²) < 4.78 is 0. The van der Waals surface area contributed by atoms with E-state index in [1.54, 1.807) is 6.33 Å². The third kappa shape index (κ3) is 2.49. The van der Waals surface area contributed by atoms with Gasteiger partial charge < -0.3 is 4.90 Å². The number of likely N-dealkylation sites (N-methyl/N-ethyl adjacent to an activating group) is 1. The van der Waals surface area contributed by atoms with Crippen LogP contribution in [0.2, 0.25) is 0 Å². The van der Waals surface area contributed by atoms with Gasteiger partial charge in [-0.05, 0) is 12.6 Å². The molecular weight excluding hydrogens is 162 g/mol. The van der Waals surface area contributed by atoms with E-state index in [1.165, 1.54) is 5.56 Å². The van der Waals surface area contributed by atoms with E-state index in [2.05, 4.69) is 21.9 Å². The Kier molecular flexibility index (Phi) is 3.83. The van der Waals surface area contributed by atoms with Gasteiger partial charge in [-0.15, -0.1) is 0 Å². The Morgan fingerprint density at radius 1 is 1.23 bits per heavy atom. The second kappa shape index (κ2) is 4.92. The molecule has 1 saturated heterocycles. The molecule has 0 radical (unpaired) electrons. The van der Waals surface area contributed by atoms with Crippen molar-refractivity contribution in [2.24, 2.45) is 0 Å². The lowest BCUT2D eigenvalue weighted by Crippen LogP contribution is -2.41. The first-order valence-electron chi connectivity index (χ1n) is 4.79. The number of hydrogen-bond donors (Lipinski definition) is 0. The molecule has 1 aromatic rings. The minimum Gasteiger partial charge on any atom is -0.305 e. The molecule has 1 aliphatic rings. The number of rotatable bonds is 1. The van der Waals surface area contributed by atoms with Crippen molar-refractivity contribution in [1.29, 1.82) is 0 Å². The highest BCUT2D eigenvalue weighted by atomic mass is 15.2. The van der Waals surface area contributed by atoms with Crippen LogP contribution in [0.3, 0.4) is 0 Å². The van der Waals surface area contributed by atoms with Crippen molar-refractivity contribution in [3.63, 3.8) is 0 Å². The van der Waals surface area contributed by atoms with E-state index in [0.29, 0.717) is 5.92 Å². The fraction of sp³-hybridized carbons (Fsp3) is 0.600. The maximum absolute atomic E-state index is 3.98. The minimum absolute atomic E-state index is 0.668. The lowest BCUT2D eigenvalue weighted by Gasteiger charge is -2.35. The Morgan fingerprint density at radius 3 is 2.23 bits per heavy atom. The molecule has 0 N–H and O–H groups in total. The fourth-order valence-electron chi connectivity index (χ4n) is 1.43. The predicted molar refractivity (Wildman–Crippen MR) is 53.6 cm³/mol. The first kappa shape index (κ1) is 10.1. The molecule has 0 saturated carbocycles. The Morgan fingerprint density at radius 2 is 1.77 bits per heavy atom. The predicted octanol–water partition coefficient (Wildman–Crippen LogP) is 1.53. The summed E-state index contributed by atoms with van der Waals surface area (Å²) in [6, 6.07) is 0. The van der Waals surface area contributed by atoms with Crippen LogP contribution in [-0.2, 0) is 0 Å². The molecule has 13 heavy (non-hydrogen) atoms. The van der Waals surface area contributed by atoms with E-state index >= 15 is 0 Å². The third-order valence-corrected chi connectivity index (χ3v) is 2.12. The van der Waals surface area contributed by atoms with Gasteiger partial charge in [-0.3, -0.25) is 0 Å². The second-order valence-corrected chi connectivity index (χ2v) is 3.09. The standard InChI is InChI=1S/C8H11N3.C2H6/c1-11-4-8(5-11)7-2-9-6-10-3-7;1-2/h2-3,6,8H,4-5H2,1H3;1-2H3. The van der Waals surface area contributed by atoms with Crippen molar-refractivity contribution in [3.8, 4) is 0 Å². The van der Waals surface area contributed by atoms with Gasteiger partial charge in [-0.25, -0.2) is 9.97 Å². The Bertz CT molecular complexity index is 229. The van der Waals surface area contributed by atoms with Gasteiger partial charge in [0.2, 0.25) is 0 Å². The van der Waals surface area contributed by atoms with Crippen molar-refractivity contribution in [2.75, 3.05) is 20.1 Å². The molecule has 3 heteroatoms. The Labute approximate surface area is 79.8 Å². The molecule has 1 fully saturated rings. The molecule has 1 aromatic heterocycles. The fourth-order valence-corrected chi connectivity index (χ4v) is 1.43. The molecule has 0 bridgehead atoms. The molecule has 0 amide bonds. The van der Waals surface area contributed by atoms with E-state index in [1.807, 2.05) is 26.2 Å². The summed E-state index contributed by atoms with van der Waals surface area (Å²) >= 11 is 0. The van der Waals surface area contributed by atoms with Gasteiger partial charge in [-0.1, -0.05) is 13.8 Å². The van der Waals surface area contributed by atoms with Crippen LogP contribution in [0, 0.1) is 0 Å². The second-order valence-electron chi connectivity index (χ2n) is 3.09. The Balaban J connectivity index is 0.000000396. The number of aromatic nitrogens is 2. The summed E-state index contributed by atoms with van der Waals surface area (Å²) in [7, 11) is 2.13. The summed E-state index contributed by atoms with van der Waals surface area (Å²) in [5, 5.41) is 0. The van der Waals surface area contributed by atoms with E-state index in [9.17, 15) is 0 Å². The summed E-state index contributed by atoms with van der Waals surface area (Å²) in [5.41, 5.74) is 1.27. The van der Waals surface area contributed by atoms with Crippen molar-refractivity contribution < 1.29 is 0 Å². The zero-order chi connectivity index (χ0) is 9.68. The Hall–Kier alpha value is -0.960. The van der Waals surface area contributed by atoms with E-state index in [0.717, 1.165) is 13.1 Å². The van der Waals surface area contributed by atoms with Crippen molar-refractivity contribution in [1.82, 2.24) is 14.9 Å². The lowest BCUT2D eigenvalue weighted by atomic mass is 9.95. The summed E-state index contributed by atoms with van der Waals surface area (Å²) in [6.07, 6.45) is 5.39. The molecule has 0 aromatic carbocycles. The average Bonchev–Trinajstić information content (AvgIpc) is 2.18. The molecule has 1 aliphatic heterocycles. The van der Waals surface area contributed by atoms with E-state index in [-0.39, 0.29) is 0 Å². The maximum atomic E-state index is 3.98. The smallest absolute Gasteiger partial charge is 0.115 e. The zero-order valence-electron chi connectivity index (χ0n) is 8.57. The quantitative estimate of drug-likeness (QED) is 0.654. The lowest BCUT2D eigenvalue weighted by molar-refractivity contribution is 0.189.